The molecule has 0 bridgehead atoms. The van der Waals surface area contributed by atoms with Gasteiger partial charge in [0.05, 0.1) is 24.0 Å². The van der Waals surface area contributed by atoms with Gasteiger partial charge in [-0.05, 0) is 45.1 Å². The number of thioether (sulfide) groups is 1. The lowest BCUT2D eigenvalue weighted by Crippen LogP contribution is -2.22. The number of hydrogen-bond acceptors (Lipinski definition) is 7. The molecular formula is C19H23N5O3S. The number of hydrogen-bond donors (Lipinski definition) is 1. The second kappa shape index (κ2) is 7.97. The average Bonchev–Trinajstić information content (AvgIpc) is 3.13. The summed E-state index contributed by atoms with van der Waals surface area (Å²) in [6, 6.07) is 2.23. The topological polar surface area (TPSA) is 106 Å². The van der Waals surface area contributed by atoms with E-state index in [-0.39, 0.29) is 17.8 Å². The van der Waals surface area contributed by atoms with E-state index in [1.807, 2.05) is 18.4 Å². The van der Waals surface area contributed by atoms with Crippen molar-refractivity contribution in [3.05, 3.63) is 22.7 Å². The molecule has 4 rings (SSSR count). The minimum Gasteiger partial charge on any atom is -0.416 e. The zero-order valence-electron chi connectivity index (χ0n) is 16.0. The van der Waals surface area contributed by atoms with E-state index in [2.05, 4.69) is 21.6 Å². The van der Waals surface area contributed by atoms with E-state index in [0.29, 0.717) is 35.0 Å². The molecular weight excluding hydrogens is 378 g/mol. The predicted molar refractivity (Wildman–Crippen MR) is 103 cm³/mol. The molecule has 1 N–H and O–H groups in total. The van der Waals surface area contributed by atoms with Gasteiger partial charge in [0.2, 0.25) is 11.8 Å². The normalized spacial score (nSPS) is 19.0. The number of rotatable bonds is 7. The van der Waals surface area contributed by atoms with Crippen LogP contribution in [0.1, 0.15) is 54.3 Å². The molecule has 2 aromatic heterocycles. The van der Waals surface area contributed by atoms with E-state index in [1.54, 1.807) is 0 Å². The Morgan fingerprint density at radius 1 is 1.36 bits per heavy atom. The van der Waals surface area contributed by atoms with Crippen molar-refractivity contribution in [3.8, 4) is 6.07 Å². The third-order valence-corrected chi connectivity index (χ3v) is 6.10. The van der Waals surface area contributed by atoms with Gasteiger partial charge < -0.3 is 19.0 Å². The summed E-state index contributed by atoms with van der Waals surface area (Å²) in [5.41, 5.74) is 2.36. The summed E-state index contributed by atoms with van der Waals surface area (Å²) >= 11 is 1.21. The fourth-order valence-corrected chi connectivity index (χ4v) is 3.99. The lowest BCUT2D eigenvalue weighted by Gasteiger charge is -2.16. The number of carbonyl (C=O) groups excluding carboxylic acids is 1. The molecule has 3 heterocycles. The molecule has 28 heavy (non-hydrogen) atoms. The summed E-state index contributed by atoms with van der Waals surface area (Å²) in [4.78, 5) is 12.5. The van der Waals surface area contributed by atoms with E-state index >= 15 is 0 Å². The first-order chi connectivity index (χ1) is 13.6. The van der Waals surface area contributed by atoms with Gasteiger partial charge >= 0.3 is 0 Å². The Bertz CT molecular complexity index is 919. The molecule has 1 amide bonds. The van der Waals surface area contributed by atoms with Crippen LogP contribution in [0.3, 0.4) is 0 Å². The highest BCUT2D eigenvalue weighted by molar-refractivity contribution is 7.99. The van der Waals surface area contributed by atoms with Crippen LogP contribution in [-0.4, -0.2) is 39.1 Å². The highest BCUT2D eigenvalue weighted by atomic mass is 32.2. The fourth-order valence-electron chi connectivity index (χ4n) is 3.42. The molecule has 9 heteroatoms. The molecule has 1 saturated carbocycles. The van der Waals surface area contributed by atoms with E-state index in [0.717, 1.165) is 43.5 Å². The average molecular weight is 401 g/mol. The van der Waals surface area contributed by atoms with Crippen LogP contribution in [0.2, 0.25) is 0 Å². The van der Waals surface area contributed by atoms with Crippen LogP contribution >= 0.6 is 11.8 Å². The van der Waals surface area contributed by atoms with E-state index in [4.69, 9.17) is 9.15 Å². The number of aromatic nitrogens is 3. The monoisotopic (exact) mass is 401 g/mol. The zero-order chi connectivity index (χ0) is 19.7. The largest absolute Gasteiger partial charge is 0.416 e. The van der Waals surface area contributed by atoms with Crippen molar-refractivity contribution in [2.45, 2.75) is 63.3 Å². The van der Waals surface area contributed by atoms with Crippen molar-refractivity contribution >= 4 is 23.5 Å². The predicted octanol–water partition coefficient (Wildman–Crippen LogP) is 3.15. The third kappa shape index (κ3) is 3.93. The lowest BCUT2D eigenvalue weighted by molar-refractivity contribution is -0.113. The Labute approximate surface area is 167 Å². The summed E-state index contributed by atoms with van der Waals surface area (Å²) in [6.45, 7) is 5.27. The van der Waals surface area contributed by atoms with Gasteiger partial charge in [-0.1, -0.05) is 11.8 Å². The maximum atomic E-state index is 12.5. The van der Waals surface area contributed by atoms with Crippen LogP contribution in [0.5, 0.6) is 0 Å². The van der Waals surface area contributed by atoms with Gasteiger partial charge in [-0.15, -0.1) is 10.2 Å². The van der Waals surface area contributed by atoms with Crippen molar-refractivity contribution in [2.75, 3.05) is 17.7 Å². The number of amides is 1. The van der Waals surface area contributed by atoms with Crippen molar-refractivity contribution < 1.29 is 13.9 Å². The van der Waals surface area contributed by atoms with Crippen LogP contribution in [0.25, 0.3) is 0 Å². The second-order valence-corrected chi connectivity index (χ2v) is 8.24. The maximum absolute atomic E-state index is 12.5. The molecule has 148 valence electrons. The number of ether oxygens (including phenoxy) is 1. The zero-order valence-corrected chi connectivity index (χ0v) is 16.8. The fraction of sp³-hybridized carbons (Fsp3) is 0.579. The standard InChI is InChI=1S/C19H23N5O3S/c1-11-12(2)24(9-14-4-3-7-26-14)17(15(11)8-20)21-16(25)10-28-19-23-22-18(27-19)13-5-6-13/h13-14H,3-7,9-10H2,1-2H3,(H,21,25)/t14-/m1/s1. The Morgan fingerprint density at radius 2 is 2.18 bits per heavy atom. The quantitative estimate of drug-likeness (QED) is 0.710. The van der Waals surface area contributed by atoms with Gasteiger partial charge in [0.1, 0.15) is 11.9 Å². The summed E-state index contributed by atoms with van der Waals surface area (Å²) < 4.78 is 13.3. The molecule has 2 aliphatic rings. The highest BCUT2D eigenvalue weighted by Gasteiger charge is 2.29. The van der Waals surface area contributed by atoms with Gasteiger partial charge in [-0.2, -0.15) is 5.26 Å². The van der Waals surface area contributed by atoms with Gasteiger partial charge in [-0.3, -0.25) is 4.79 Å². The number of nitrogens with one attached hydrogen (secondary N) is 1. The summed E-state index contributed by atoms with van der Waals surface area (Å²) in [5, 5.41) is 20.9. The molecule has 1 aliphatic carbocycles. The van der Waals surface area contributed by atoms with Crippen molar-refractivity contribution in [1.29, 1.82) is 5.26 Å². The van der Waals surface area contributed by atoms with Crippen LogP contribution < -0.4 is 5.32 Å². The smallest absolute Gasteiger partial charge is 0.277 e. The number of anilines is 1. The number of carbonyl (C=O) groups is 1. The molecule has 0 radical (unpaired) electrons. The van der Waals surface area contributed by atoms with E-state index < -0.39 is 0 Å². The van der Waals surface area contributed by atoms with Crippen LogP contribution in [0.15, 0.2) is 9.64 Å². The van der Waals surface area contributed by atoms with Crippen LogP contribution in [0, 0.1) is 25.2 Å². The number of nitrogens with zero attached hydrogens (tertiary/aromatic N) is 4. The lowest BCUT2D eigenvalue weighted by atomic mass is 10.2. The summed E-state index contributed by atoms with van der Waals surface area (Å²) in [5.74, 6) is 1.52. The van der Waals surface area contributed by atoms with Crippen molar-refractivity contribution in [1.82, 2.24) is 14.8 Å². The Morgan fingerprint density at radius 3 is 2.86 bits per heavy atom. The summed E-state index contributed by atoms with van der Waals surface area (Å²) in [7, 11) is 0. The Balaban J connectivity index is 1.45. The number of nitriles is 1. The SMILES string of the molecule is Cc1c(C#N)c(NC(=O)CSc2nnc(C3CC3)o2)n(C[C@H]2CCCO2)c1C. The first-order valence-corrected chi connectivity index (χ1v) is 10.5. The van der Waals surface area contributed by atoms with Gasteiger partial charge in [0, 0.05) is 18.2 Å². The van der Waals surface area contributed by atoms with Crippen molar-refractivity contribution in [2.24, 2.45) is 0 Å². The Hall–Kier alpha value is -2.31. The molecule has 1 atom stereocenters. The third-order valence-electron chi connectivity index (χ3n) is 5.28. The Kier molecular flexibility index (Phi) is 5.42. The van der Waals surface area contributed by atoms with E-state index in [1.165, 1.54) is 11.8 Å². The first kappa shape index (κ1) is 19.0. The first-order valence-electron chi connectivity index (χ1n) is 9.54. The van der Waals surface area contributed by atoms with Crippen LogP contribution in [-0.2, 0) is 16.1 Å². The highest BCUT2D eigenvalue weighted by Crippen LogP contribution is 2.39. The molecule has 1 saturated heterocycles. The van der Waals surface area contributed by atoms with Crippen molar-refractivity contribution in [3.63, 3.8) is 0 Å². The molecule has 2 fully saturated rings. The molecule has 0 unspecified atom stereocenters. The second-order valence-electron chi connectivity index (χ2n) is 7.31. The van der Waals surface area contributed by atoms with E-state index in [9.17, 15) is 10.1 Å². The van der Waals surface area contributed by atoms with Gasteiger partial charge in [0.25, 0.3) is 5.22 Å². The van der Waals surface area contributed by atoms with Gasteiger partial charge in [0.15, 0.2) is 0 Å². The van der Waals surface area contributed by atoms with Gasteiger partial charge in [-0.25, -0.2) is 0 Å². The minimum atomic E-state index is -0.209. The minimum absolute atomic E-state index is 0.112. The molecule has 0 spiro atoms. The summed E-state index contributed by atoms with van der Waals surface area (Å²) in [6.07, 6.45) is 4.32. The molecule has 1 aliphatic heterocycles. The maximum Gasteiger partial charge on any atom is 0.277 e. The molecule has 0 aromatic carbocycles. The molecule has 8 nitrogen and oxygen atoms in total. The van der Waals surface area contributed by atoms with Crippen LogP contribution in [0.4, 0.5) is 5.82 Å². The molecule has 2 aromatic rings.